The predicted octanol–water partition coefficient (Wildman–Crippen LogP) is 0.784. The minimum atomic E-state index is -0.812. The first-order valence-electron chi connectivity index (χ1n) is 4.43. The molecule has 0 aliphatic carbocycles. The number of aromatic nitrogens is 4. The number of imidazole rings is 1. The molecule has 1 atom stereocenters. The Morgan fingerprint density at radius 1 is 1.50 bits per heavy atom. The number of nitrogens with one attached hydrogen (secondary N) is 1. The molecule has 0 saturated heterocycles. The number of rotatable bonds is 3. The second-order valence-electron chi connectivity index (χ2n) is 3.05. The Morgan fingerprint density at radius 3 is 2.94 bits per heavy atom. The van der Waals surface area contributed by atoms with Gasteiger partial charge in [-0.3, -0.25) is 4.57 Å². The first-order chi connectivity index (χ1) is 7.24. The van der Waals surface area contributed by atoms with E-state index in [1.54, 1.807) is 0 Å². The summed E-state index contributed by atoms with van der Waals surface area (Å²) in [5.41, 5.74) is 1.15. The highest BCUT2D eigenvalue weighted by atomic mass is 35.5. The molecule has 0 amide bonds. The molecule has 88 valence electrons. The molecular weight excluding hydrogens is 252 g/mol. The second kappa shape index (κ2) is 5.35. The van der Waals surface area contributed by atoms with E-state index in [-0.39, 0.29) is 25.4 Å². The maximum absolute atomic E-state index is 9.69. The Kier molecular flexibility index (Phi) is 4.36. The lowest BCUT2D eigenvalue weighted by Crippen LogP contribution is -2.09. The van der Waals surface area contributed by atoms with Gasteiger partial charge >= 0.3 is 0 Å². The van der Waals surface area contributed by atoms with Crippen LogP contribution in [0.3, 0.4) is 0 Å². The zero-order chi connectivity index (χ0) is 10.8. The highest BCUT2D eigenvalue weighted by Crippen LogP contribution is 2.15. The molecule has 8 heteroatoms. The van der Waals surface area contributed by atoms with Gasteiger partial charge in [-0.15, -0.1) is 12.4 Å². The number of nitrogens with zero attached hydrogens (tertiary/aromatic N) is 3. The van der Waals surface area contributed by atoms with E-state index in [1.165, 1.54) is 17.2 Å². The van der Waals surface area contributed by atoms with Crippen LogP contribution in [0, 0.1) is 4.64 Å². The normalized spacial score (nSPS) is 12.4. The molecule has 0 spiro atoms. The van der Waals surface area contributed by atoms with Crippen LogP contribution < -0.4 is 0 Å². The van der Waals surface area contributed by atoms with Crippen molar-refractivity contribution in [2.45, 2.75) is 12.6 Å². The van der Waals surface area contributed by atoms with Crippen LogP contribution in [-0.4, -0.2) is 36.3 Å². The van der Waals surface area contributed by atoms with Crippen molar-refractivity contribution in [1.29, 1.82) is 0 Å². The Hall–Kier alpha value is -1.02. The van der Waals surface area contributed by atoms with Crippen molar-refractivity contribution in [3.63, 3.8) is 0 Å². The summed E-state index contributed by atoms with van der Waals surface area (Å²) in [7, 11) is 0. The first-order valence-corrected chi connectivity index (χ1v) is 4.84. The van der Waals surface area contributed by atoms with E-state index >= 15 is 0 Å². The van der Waals surface area contributed by atoms with Gasteiger partial charge in [-0.2, -0.15) is 0 Å². The lowest BCUT2D eigenvalue weighted by molar-refractivity contribution is 0.0759. The molecule has 2 aromatic heterocycles. The molecule has 2 rings (SSSR count). The summed E-state index contributed by atoms with van der Waals surface area (Å²) in [6.45, 7) is -0.0906. The van der Waals surface area contributed by atoms with Gasteiger partial charge in [-0.1, -0.05) is 12.2 Å². The molecule has 3 N–H and O–H groups in total. The van der Waals surface area contributed by atoms with Crippen molar-refractivity contribution in [3.8, 4) is 0 Å². The Morgan fingerprint density at radius 2 is 2.25 bits per heavy atom. The van der Waals surface area contributed by atoms with Gasteiger partial charge in [-0.05, 0) is 0 Å². The molecule has 0 bridgehead atoms. The fourth-order valence-electron chi connectivity index (χ4n) is 1.35. The van der Waals surface area contributed by atoms with Crippen LogP contribution in [0.4, 0.5) is 0 Å². The van der Waals surface area contributed by atoms with Gasteiger partial charge in [0.1, 0.15) is 17.4 Å². The lowest BCUT2D eigenvalue weighted by Gasteiger charge is -2.10. The van der Waals surface area contributed by atoms with E-state index in [4.69, 9.17) is 17.3 Å². The average molecular weight is 263 g/mol. The molecule has 0 aromatic carbocycles. The van der Waals surface area contributed by atoms with Crippen molar-refractivity contribution in [3.05, 3.63) is 17.3 Å². The molecule has 2 aromatic rings. The Labute approximate surface area is 102 Å². The number of aromatic amines is 1. The van der Waals surface area contributed by atoms with Crippen LogP contribution in [-0.2, 0) is 0 Å². The number of aliphatic hydroxyl groups excluding tert-OH is 2. The average Bonchev–Trinajstić information content (AvgIpc) is 2.63. The maximum atomic E-state index is 9.69. The van der Waals surface area contributed by atoms with E-state index in [1.807, 2.05) is 0 Å². The van der Waals surface area contributed by atoms with Crippen molar-refractivity contribution in [1.82, 2.24) is 19.5 Å². The summed E-state index contributed by atoms with van der Waals surface area (Å²) in [6, 6.07) is 0. The van der Waals surface area contributed by atoms with E-state index in [0.717, 1.165) is 0 Å². The number of fused-ring (bicyclic) bond motifs is 1. The van der Waals surface area contributed by atoms with E-state index < -0.39 is 6.23 Å². The standard InChI is InChI=1S/C8H10N4O2S.ClH/c13-2-1-5(14)12-4-11-6-7(12)9-3-10-8(6)15;/h3-5,13-14H,1-2H2,(H,9,10,15);1H. The molecule has 6 nitrogen and oxygen atoms in total. The SMILES string of the molecule is Cl.OCCC(O)n1cnc2c(=S)nc[nH]c21. The van der Waals surface area contributed by atoms with Crippen LogP contribution >= 0.6 is 24.6 Å². The van der Waals surface area contributed by atoms with Crippen LogP contribution in [0.25, 0.3) is 11.2 Å². The molecule has 2 heterocycles. The predicted molar refractivity (Wildman–Crippen MR) is 62.9 cm³/mol. The van der Waals surface area contributed by atoms with Crippen LogP contribution in [0.2, 0.25) is 0 Å². The van der Waals surface area contributed by atoms with Gasteiger partial charge in [-0.25, -0.2) is 9.97 Å². The maximum Gasteiger partial charge on any atom is 0.157 e. The number of aliphatic hydroxyl groups is 2. The molecule has 0 fully saturated rings. The van der Waals surface area contributed by atoms with Gasteiger partial charge in [0.05, 0.1) is 12.7 Å². The van der Waals surface area contributed by atoms with Crippen LogP contribution in [0.5, 0.6) is 0 Å². The second-order valence-corrected chi connectivity index (χ2v) is 3.44. The molecule has 1 unspecified atom stereocenters. The first kappa shape index (κ1) is 13.0. The van der Waals surface area contributed by atoms with Gasteiger partial charge in [0.25, 0.3) is 0 Å². The molecule has 0 aliphatic rings. The summed E-state index contributed by atoms with van der Waals surface area (Å²) < 4.78 is 1.90. The summed E-state index contributed by atoms with van der Waals surface area (Å²) in [4.78, 5) is 10.8. The summed E-state index contributed by atoms with van der Waals surface area (Å²) in [5, 5.41) is 18.4. The van der Waals surface area contributed by atoms with Gasteiger partial charge in [0.2, 0.25) is 0 Å². The summed E-state index contributed by atoms with van der Waals surface area (Å²) in [6.07, 6.45) is 2.36. The third-order valence-electron chi connectivity index (χ3n) is 2.09. The minimum Gasteiger partial charge on any atom is -0.396 e. The zero-order valence-corrected chi connectivity index (χ0v) is 9.83. The zero-order valence-electron chi connectivity index (χ0n) is 8.20. The quantitative estimate of drug-likeness (QED) is 0.712. The van der Waals surface area contributed by atoms with Crippen molar-refractivity contribution in [2.75, 3.05) is 6.61 Å². The van der Waals surface area contributed by atoms with E-state index in [0.29, 0.717) is 15.8 Å². The number of H-pyrrole nitrogens is 1. The third kappa shape index (κ3) is 2.22. The number of hydrogen-bond donors (Lipinski definition) is 3. The van der Waals surface area contributed by atoms with Crippen LogP contribution in [0.1, 0.15) is 12.6 Å². The topological polar surface area (TPSA) is 87.0 Å². The molecule has 0 aliphatic heterocycles. The highest BCUT2D eigenvalue weighted by molar-refractivity contribution is 7.71. The van der Waals surface area contributed by atoms with E-state index in [2.05, 4.69) is 15.0 Å². The van der Waals surface area contributed by atoms with Gasteiger partial charge in [0.15, 0.2) is 4.64 Å². The molecule has 0 saturated carbocycles. The fourth-order valence-corrected chi connectivity index (χ4v) is 1.56. The fraction of sp³-hybridized carbons (Fsp3) is 0.375. The molecule has 0 radical (unpaired) electrons. The Bertz CT molecular complexity index is 526. The monoisotopic (exact) mass is 262 g/mol. The third-order valence-corrected chi connectivity index (χ3v) is 2.39. The smallest absolute Gasteiger partial charge is 0.157 e. The van der Waals surface area contributed by atoms with Gasteiger partial charge < -0.3 is 15.2 Å². The number of hydrogen-bond acceptors (Lipinski definition) is 5. The minimum absolute atomic E-state index is 0. The van der Waals surface area contributed by atoms with Crippen LogP contribution in [0.15, 0.2) is 12.7 Å². The largest absolute Gasteiger partial charge is 0.396 e. The highest BCUT2D eigenvalue weighted by Gasteiger charge is 2.11. The van der Waals surface area contributed by atoms with Gasteiger partial charge in [0, 0.05) is 13.0 Å². The molecule has 16 heavy (non-hydrogen) atoms. The van der Waals surface area contributed by atoms with Crippen molar-refractivity contribution >= 4 is 35.8 Å². The summed E-state index contributed by atoms with van der Waals surface area (Å²) >= 11 is 4.98. The molecular formula is C8H11ClN4O2S. The lowest BCUT2D eigenvalue weighted by atomic mass is 10.4. The summed E-state index contributed by atoms with van der Waals surface area (Å²) in [5.74, 6) is 0. The Balaban J connectivity index is 0.00000128. The van der Waals surface area contributed by atoms with Crippen molar-refractivity contribution in [2.24, 2.45) is 0 Å². The number of halogens is 1. The van der Waals surface area contributed by atoms with Crippen molar-refractivity contribution < 1.29 is 10.2 Å². The van der Waals surface area contributed by atoms with E-state index in [9.17, 15) is 5.11 Å².